The van der Waals surface area contributed by atoms with Gasteiger partial charge in [-0.1, -0.05) is 90.4 Å². The standard InChI is InChI=1S/C25H48O5/c1-3-4-5-6-7-8-9-12-15-18-21-29-24(26)19-16-13-10-11-14-17-20-25(27)30-23-22-28-2/h3-23H2,1-2H3. The van der Waals surface area contributed by atoms with E-state index in [1.807, 2.05) is 0 Å². The number of hydrogen-bond donors (Lipinski definition) is 0. The summed E-state index contributed by atoms with van der Waals surface area (Å²) in [6.45, 7) is 3.62. The van der Waals surface area contributed by atoms with E-state index in [0.717, 1.165) is 44.9 Å². The SMILES string of the molecule is CCCCCCCCCCCCOC(=O)CCCCCCCCC(=O)OCCOC. The van der Waals surface area contributed by atoms with Crippen molar-refractivity contribution in [2.75, 3.05) is 26.9 Å². The Balaban J connectivity index is 3.23. The molecule has 30 heavy (non-hydrogen) atoms. The van der Waals surface area contributed by atoms with Crippen LogP contribution in [0, 0.1) is 0 Å². The lowest BCUT2D eigenvalue weighted by Gasteiger charge is -2.06. The highest BCUT2D eigenvalue weighted by atomic mass is 16.6. The van der Waals surface area contributed by atoms with E-state index >= 15 is 0 Å². The zero-order chi connectivity index (χ0) is 22.1. The molecule has 0 spiro atoms. The van der Waals surface area contributed by atoms with Crippen molar-refractivity contribution in [3.8, 4) is 0 Å². The molecule has 0 unspecified atom stereocenters. The molecule has 0 rings (SSSR count). The minimum Gasteiger partial charge on any atom is -0.466 e. The van der Waals surface area contributed by atoms with E-state index in [9.17, 15) is 9.59 Å². The van der Waals surface area contributed by atoms with Gasteiger partial charge in [0.2, 0.25) is 0 Å². The molecule has 0 N–H and O–H groups in total. The Morgan fingerprint density at radius 2 is 0.900 bits per heavy atom. The summed E-state index contributed by atoms with van der Waals surface area (Å²) >= 11 is 0. The summed E-state index contributed by atoms with van der Waals surface area (Å²) in [4.78, 5) is 23.2. The third-order valence-corrected chi connectivity index (χ3v) is 5.32. The summed E-state index contributed by atoms with van der Waals surface area (Å²) in [6.07, 6.45) is 20.0. The van der Waals surface area contributed by atoms with Crippen molar-refractivity contribution in [1.29, 1.82) is 0 Å². The van der Waals surface area contributed by atoms with E-state index in [4.69, 9.17) is 14.2 Å². The van der Waals surface area contributed by atoms with Crippen LogP contribution < -0.4 is 0 Å². The monoisotopic (exact) mass is 428 g/mol. The van der Waals surface area contributed by atoms with E-state index < -0.39 is 0 Å². The topological polar surface area (TPSA) is 61.8 Å². The van der Waals surface area contributed by atoms with Crippen LogP contribution >= 0.6 is 0 Å². The molecule has 0 radical (unpaired) electrons. The number of hydrogen-bond acceptors (Lipinski definition) is 5. The smallest absolute Gasteiger partial charge is 0.305 e. The van der Waals surface area contributed by atoms with Crippen LogP contribution in [0.25, 0.3) is 0 Å². The molecule has 0 atom stereocenters. The molecular weight excluding hydrogens is 380 g/mol. The highest BCUT2D eigenvalue weighted by Crippen LogP contribution is 2.12. The summed E-state index contributed by atoms with van der Waals surface area (Å²) < 4.78 is 15.2. The van der Waals surface area contributed by atoms with Gasteiger partial charge in [0.15, 0.2) is 0 Å². The molecule has 5 heteroatoms. The molecule has 0 amide bonds. The molecule has 0 saturated heterocycles. The van der Waals surface area contributed by atoms with E-state index in [0.29, 0.717) is 32.7 Å². The third-order valence-electron chi connectivity index (χ3n) is 5.32. The number of esters is 2. The van der Waals surface area contributed by atoms with Gasteiger partial charge >= 0.3 is 11.9 Å². The molecule has 0 bridgehead atoms. The summed E-state index contributed by atoms with van der Waals surface area (Å²) in [6, 6.07) is 0. The minimum absolute atomic E-state index is 0.0512. The molecule has 5 nitrogen and oxygen atoms in total. The summed E-state index contributed by atoms with van der Waals surface area (Å²) in [5.74, 6) is -0.193. The van der Waals surface area contributed by atoms with Crippen molar-refractivity contribution in [2.45, 2.75) is 122 Å². The summed E-state index contributed by atoms with van der Waals surface area (Å²) in [7, 11) is 1.59. The number of rotatable bonds is 23. The second kappa shape index (κ2) is 24.2. The number of carbonyl (C=O) groups excluding carboxylic acids is 2. The zero-order valence-corrected chi connectivity index (χ0v) is 19.9. The Bertz CT molecular complexity index is 384. The van der Waals surface area contributed by atoms with Gasteiger partial charge in [0.25, 0.3) is 0 Å². The number of carbonyl (C=O) groups is 2. The van der Waals surface area contributed by atoms with E-state index in [1.54, 1.807) is 7.11 Å². The Labute approximate surface area is 185 Å². The maximum Gasteiger partial charge on any atom is 0.305 e. The number of unbranched alkanes of at least 4 members (excludes halogenated alkanes) is 14. The first-order chi connectivity index (χ1) is 14.7. The molecule has 0 aromatic heterocycles. The van der Waals surface area contributed by atoms with Crippen LogP contribution in [0.1, 0.15) is 122 Å². The Morgan fingerprint density at radius 3 is 1.37 bits per heavy atom. The van der Waals surface area contributed by atoms with Crippen LogP contribution in [-0.4, -0.2) is 38.9 Å². The molecule has 0 aromatic rings. The maximum absolute atomic E-state index is 11.7. The normalized spacial score (nSPS) is 10.9. The first-order valence-corrected chi connectivity index (χ1v) is 12.5. The molecule has 0 aliphatic carbocycles. The summed E-state index contributed by atoms with van der Waals surface area (Å²) in [5, 5.41) is 0. The van der Waals surface area contributed by atoms with Crippen LogP contribution in [0.4, 0.5) is 0 Å². The Hall–Kier alpha value is -1.10. The van der Waals surface area contributed by atoms with Gasteiger partial charge in [0.05, 0.1) is 13.2 Å². The molecular formula is C25H48O5. The van der Waals surface area contributed by atoms with Gasteiger partial charge in [-0.3, -0.25) is 9.59 Å². The molecule has 0 aliphatic heterocycles. The van der Waals surface area contributed by atoms with Crippen LogP contribution in [0.3, 0.4) is 0 Å². The second-order valence-electron chi connectivity index (χ2n) is 8.24. The van der Waals surface area contributed by atoms with Crippen molar-refractivity contribution < 1.29 is 23.8 Å². The van der Waals surface area contributed by atoms with Gasteiger partial charge in [0.1, 0.15) is 6.61 Å². The van der Waals surface area contributed by atoms with Crippen molar-refractivity contribution in [2.24, 2.45) is 0 Å². The lowest BCUT2D eigenvalue weighted by molar-refractivity contribution is -0.145. The highest BCUT2D eigenvalue weighted by molar-refractivity contribution is 5.69. The van der Waals surface area contributed by atoms with Gasteiger partial charge in [-0.05, 0) is 19.3 Å². The van der Waals surface area contributed by atoms with Gasteiger partial charge in [-0.2, -0.15) is 0 Å². The largest absolute Gasteiger partial charge is 0.466 e. The number of methoxy groups -OCH3 is 1. The molecule has 0 aromatic carbocycles. The first kappa shape index (κ1) is 28.9. The third kappa shape index (κ3) is 23.2. The Kier molecular flexibility index (Phi) is 23.3. The van der Waals surface area contributed by atoms with E-state index in [2.05, 4.69) is 6.92 Å². The predicted molar refractivity (Wildman–Crippen MR) is 123 cm³/mol. The quantitative estimate of drug-likeness (QED) is 0.133. The van der Waals surface area contributed by atoms with Crippen molar-refractivity contribution in [3.63, 3.8) is 0 Å². The molecule has 0 saturated carbocycles. The van der Waals surface area contributed by atoms with Crippen LogP contribution in [0.5, 0.6) is 0 Å². The average Bonchev–Trinajstić information content (AvgIpc) is 2.74. The molecule has 0 fully saturated rings. The fourth-order valence-electron chi connectivity index (χ4n) is 3.40. The van der Waals surface area contributed by atoms with Gasteiger partial charge in [-0.15, -0.1) is 0 Å². The highest BCUT2D eigenvalue weighted by Gasteiger charge is 2.04. The maximum atomic E-state index is 11.7. The number of ether oxygens (including phenoxy) is 3. The van der Waals surface area contributed by atoms with Gasteiger partial charge < -0.3 is 14.2 Å². The van der Waals surface area contributed by atoms with Gasteiger partial charge in [0, 0.05) is 20.0 Å². The predicted octanol–water partition coefficient (Wildman–Crippen LogP) is 6.76. The lowest BCUT2D eigenvalue weighted by Crippen LogP contribution is -2.09. The first-order valence-electron chi connectivity index (χ1n) is 12.5. The fraction of sp³-hybridized carbons (Fsp3) is 0.920. The molecule has 0 heterocycles. The summed E-state index contributed by atoms with van der Waals surface area (Å²) in [5.41, 5.74) is 0. The minimum atomic E-state index is -0.141. The molecule has 178 valence electrons. The molecule has 0 aliphatic rings. The van der Waals surface area contributed by atoms with E-state index in [-0.39, 0.29) is 11.9 Å². The van der Waals surface area contributed by atoms with Crippen molar-refractivity contribution >= 4 is 11.9 Å². The lowest BCUT2D eigenvalue weighted by atomic mass is 10.1. The van der Waals surface area contributed by atoms with Crippen molar-refractivity contribution in [1.82, 2.24) is 0 Å². The van der Waals surface area contributed by atoms with Crippen LogP contribution in [0.15, 0.2) is 0 Å². The van der Waals surface area contributed by atoms with E-state index in [1.165, 1.54) is 57.8 Å². The average molecular weight is 429 g/mol. The van der Waals surface area contributed by atoms with Crippen molar-refractivity contribution in [3.05, 3.63) is 0 Å². The fourth-order valence-corrected chi connectivity index (χ4v) is 3.40. The van der Waals surface area contributed by atoms with Crippen LogP contribution in [-0.2, 0) is 23.8 Å². The Morgan fingerprint density at radius 1 is 0.500 bits per heavy atom. The van der Waals surface area contributed by atoms with Crippen LogP contribution in [0.2, 0.25) is 0 Å². The second-order valence-corrected chi connectivity index (χ2v) is 8.24. The van der Waals surface area contributed by atoms with Gasteiger partial charge in [-0.25, -0.2) is 0 Å². The zero-order valence-electron chi connectivity index (χ0n) is 19.9.